The van der Waals surface area contributed by atoms with Crippen LogP contribution in [0.4, 0.5) is 28.8 Å². The van der Waals surface area contributed by atoms with E-state index in [1.54, 1.807) is 50.2 Å². The normalized spacial score (nSPS) is 17.1. The number of ether oxygens (including phenoxy) is 1. The van der Waals surface area contributed by atoms with Crippen molar-refractivity contribution < 1.29 is 37.1 Å². The van der Waals surface area contributed by atoms with Crippen LogP contribution in [-0.4, -0.2) is 108 Å². The van der Waals surface area contributed by atoms with Gasteiger partial charge in [0, 0.05) is 25.2 Å². The second-order valence-corrected chi connectivity index (χ2v) is 19.5. The number of nitrogens with zero attached hydrogens (tertiary/aromatic N) is 4. The second kappa shape index (κ2) is 19.3. The third-order valence-electron chi connectivity index (χ3n) is 11.4. The van der Waals surface area contributed by atoms with E-state index in [4.69, 9.17) is 16.3 Å². The third-order valence-corrected chi connectivity index (χ3v) is 13.9. The zero-order valence-corrected chi connectivity index (χ0v) is 37.9. The van der Waals surface area contributed by atoms with Crippen LogP contribution in [0, 0.1) is 6.92 Å². The second-order valence-electron chi connectivity index (χ2n) is 16.6. The zero-order valence-electron chi connectivity index (χ0n) is 36.3. The SMILES string of the molecule is Cc1cc(Nc2ncc(Cl)c(Nc3ccccc3S(=O)(=O)C(C)C)n2)c(OC(C)C)cc1C1CCN(CC(=O)NCCNc2cccc3c2C(=O)N(C2CCC(=O)NC2=O)C3=O)CC1. The smallest absolute Gasteiger partial charge is 0.264 e. The molecule has 0 radical (unpaired) electrons. The Morgan fingerprint density at radius 3 is 2.38 bits per heavy atom. The van der Waals surface area contributed by atoms with Crippen LogP contribution in [0.1, 0.15) is 91.1 Å². The van der Waals surface area contributed by atoms with Crippen molar-refractivity contribution in [3.63, 3.8) is 0 Å². The van der Waals surface area contributed by atoms with Crippen molar-refractivity contribution in [3.05, 3.63) is 88.1 Å². The molecule has 2 fully saturated rings. The lowest BCUT2D eigenvalue weighted by molar-refractivity contribution is -0.136. The number of halogens is 1. The molecule has 3 aliphatic rings. The summed E-state index contributed by atoms with van der Waals surface area (Å²) in [6.45, 7) is 11.4. The summed E-state index contributed by atoms with van der Waals surface area (Å²) in [5, 5.41) is 14.2. The van der Waals surface area contributed by atoms with Gasteiger partial charge in [0.1, 0.15) is 16.8 Å². The monoisotopic (exact) mass is 913 g/mol. The molecule has 3 aliphatic heterocycles. The van der Waals surface area contributed by atoms with Crippen LogP contribution in [0.5, 0.6) is 5.75 Å². The minimum Gasteiger partial charge on any atom is -0.489 e. The standard InChI is InChI=1S/C45H52ClN9O8S/c1-25(2)63-36-22-30(27(5)21-34(36)51-45-49-23-31(46)41(53-45)50-32-10-6-7-12-37(32)64(61,62)26(3)4)28-15-19-54(20-16-28)24-39(57)48-18-17-47-33-11-8-9-29-40(33)44(60)55(43(29)59)35-13-14-38(56)52-42(35)58/h6-12,21-23,25-26,28,35,47H,13-20,24H2,1-5H3,(H,48,57)(H,52,56,58)(H2,49,50,51,53). The highest BCUT2D eigenvalue weighted by molar-refractivity contribution is 7.92. The van der Waals surface area contributed by atoms with E-state index in [0.717, 1.165) is 28.9 Å². The summed E-state index contributed by atoms with van der Waals surface area (Å²) in [5.41, 5.74) is 3.95. The number of sulfone groups is 1. The van der Waals surface area contributed by atoms with E-state index in [1.807, 2.05) is 26.8 Å². The Labute approximate surface area is 377 Å². The highest BCUT2D eigenvalue weighted by Gasteiger charge is 2.45. The summed E-state index contributed by atoms with van der Waals surface area (Å²) in [6, 6.07) is 14.5. The van der Waals surface area contributed by atoms with Gasteiger partial charge in [0.25, 0.3) is 11.8 Å². The number of carbonyl (C=O) groups is 5. The first-order chi connectivity index (χ1) is 30.5. The molecular weight excluding hydrogens is 862 g/mol. The number of para-hydroxylation sites is 1. The van der Waals surface area contributed by atoms with Gasteiger partial charge in [-0.05, 0) is 120 Å². The summed E-state index contributed by atoms with van der Waals surface area (Å²) in [5.74, 6) is -1.12. The zero-order chi connectivity index (χ0) is 45.9. The van der Waals surface area contributed by atoms with Crippen LogP contribution < -0.4 is 31.3 Å². The highest BCUT2D eigenvalue weighted by atomic mass is 35.5. The van der Waals surface area contributed by atoms with Gasteiger partial charge in [-0.1, -0.05) is 29.8 Å². The average molecular weight is 914 g/mol. The maximum absolute atomic E-state index is 13.4. The molecule has 5 amide bonds. The van der Waals surface area contributed by atoms with E-state index in [-0.39, 0.29) is 83.2 Å². The summed E-state index contributed by atoms with van der Waals surface area (Å²) in [4.78, 5) is 75.8. The Morgan fingerprint density at radius 1 is 0.922 bits per heavy atom. The van der Waals surface area contributed by atoms with Crippen molar-refractivity contribution in [1.29, 1.82) is 0 Å². The molecule has 19 heteroatoms. The fourth-order valence-electron chi connectivity index (χ4n) is 8.15. The van der Waals surface area contributed by atoms with Crippen LogP contribution in [0.25, 0.3) is 0 Å². The number of aryl methyl sites for hydroxylation is 1. The number of amides is 5. The van der Waals surface area contributed by atoms with Crippen LogP contribution in [-0.2, 0) is 24.2 Å². The molecule has 0 bridgehead atoms. The lowest BCUT2D eigenvalue weighted by atomic mass is 9.86. The Morgan fingerprint density at radius 2 is 1.66 bits per heavy atom. The number of piperidine rings is 2. The van der Waals surface area contributed by atoms with Crippen molar-refractivity contribution in [2.75, 3.05) is 48.7 Å². The molecule has 3 aromatic carbocycles. The van der Waals surface area contributed by atoms with Crippen molar-refractivity contribution in [2.24, 2.45) is 0 Å². The maximum atomic E-state index is 13.4. The Balaban J connectivity index is 0.930. The van der Waals surface area contributed by atoms with Gasteiger partial charge in [0.05, 0.1) is 51.5 Å². The molecule has 338 valence electrons. The number of nitrogens with one attached hydrogen (secondary N) is 5. The topological polar surface area (TPSA) is 221 Å². The quantitative estimate of drug-likeness (QED) is 0.0673. The van der Waals surface area contributed by atoms with E-state index < -0.39 is 44.8 Å². The largest absolute Gasteiger partial charge is 0.489 e. The van der Waals surface area contributed by atoms with Gasteiger partial charge in [-0.15, -0.1) is 0 Å². The predicted octanol–water partition coefficient (Wildman–Crippen LogP) is 5.70. The lowest BCUT2D eigenvalue weighted by Crippen LogP contribution is -2.54. The number of rotatable bonds is 16. The fourth-order valence-corrected chi connectivity index (χ4v) is 9.49. The molecule has 4 heterocycles. The first kappa shape index (κ1) is 45.9. The van der Waals surface area contributed by atoms with Gasteiger partial charge in [0.15, 0.2) is 15.7 Å². The number of anilines is 5. The molecule has 1 atom stereocenters. The molecule has 7 rings (SSSR count). The number of hydrogen-bond acceptors (Lipinski definition) is 14. The van der Waals surface area contributed by atoms with E-state index >= 15 is 0 Å². The first-order valence-corrected chi connectivity index (χ1v) is 23.2. The number of hydrogen-bond donors (Lipinski definition) is 5. The van der Waals surface area contributed by atoms with Gasteiger partial charge in [-0.2, -0.15) is 4.98 Å². The third kappa shape index (κ3) is 9.98. The van der Waals surface area contributed by atoms with E-state index in [9.17, 15) is 32.4 Å². The van der Waals surface area contributed by atoms with Crippen LogP contribution >= 0.6 is 11.6 Å². The maximum Gasteiger partial charge on any atom is 0.264 e. The lowest BCUT2D eigenvalue weighted by Gasteiger charge is -2.33. The number of likely N-dealkylation sites (tertiary alicyclic amines) is 1. The summed E-state index contributed by atoms with van der Waals surface area (Å²) < 4.78 is 32.5. The van der Waals surface area contributed by atoms with Gasteiger partial charge in [-0.3, -0.25) is 39.1 Å². The van der Waals surface area contributed by atoms with Crippen LogP contribution in [0.15, 0.2) is 65.7 Å². The molecule has 17 nitrogen and oxygen atoms in total. The minimum absolute atomic E-state index is 0.0351. The summed E-state index contributed by atoms with van der Waals surface area (Å²) in [6.07, 6.45) is 3.07. The Kier molecular flexibility index (Phi) is 13.9. The van der Waals surface area contributed by atoms with Crippen molar-refractivity contribution in [2.45, 2.75) is 88.5 Å². The predicted molar refractivity (Wildman–Crippen MR) is 242 cm³/mol. The van der Waals surface area contributed by atoms with E-state index in [1.165, 1.54) is 12.3 Å². The number of benzene rings is 3. The highest BCUT2D eigenvalue weighted by Crippen LogP contribution is 2.39. The van der Waals surface area contributed by atoms with Crippen molar-refractivity contribution in [3.8, 4) is 5.75 Å². The first-order valence-electron chi connectivity index (χ1n) is 21.3. The number of carbonyl (C=O) groups excluding carboxylic acids is 5. The van der Waals surface area contributed by atoms with Gasteiger partial charge < -0.3 is 26.0 Å². The molecule has 0 aliphatic carbocycles. The molecule has 4 aromatic rings. The van der Waals surface area contributed by atoms with Gasteiger partial charge >= 0.3 is 0 Å². The average Bonchev–Trinajstić information content (AvgIpc) is 3.50. The summed E-state index contributed by atoms with van der Waals surface area (Å²) in [7, 11) is -3.60. The minimum atomic E-state index is -3.60. The molecule has 64 heavy (non-hydrogen) atoms. The number of aromatic nitrogens is 2. The number of imide groups is 2. The molecule has 1 aromatic heterocycles. The number of fused-ring (bicyclic) bond motifs is 1. The van der Waals surface area contributed by atoms with Crippen LogP contribution in [0.3, 0.4) is 0 Å². The Bertz CT molecular complexity index is 2600. The summed E-state index contributed by atoms with van der Waals surface area (Å²) >= 11 is 6.50. The Hall–Kier alpha value is -6.11. The van der Waals surface area contributed by atoms with Crippen LogP contribution in [0.2, 0.25) is 5.02 Å². The molecule has 0 spiro atoms. The van der Waals surface area contributed by atoms with Crippen molar-refractivity contribution >= 4 is 79.8 Å². The van der Waals surface area contributed by atoms with Gasteiger partial charge in [-0.25, -0.2) is 13.4 Å². The fraction of sp³-hybridized carbons (Fsp3) is 0.400. The molecule has 5 N–H and O–H groups in total. The molecular formula is C45H52ClN9O8S. The van der Waals surface area contributed by atoms with E-state index in [2.05, 4.69) is 47.5 Å². The molecule has 2 saturated heterocycles. The van der Waals surface area contributed by atoms with Crippen molar-refractivity contribution in [1.82, 2.24) is 30.4 Å². The molecule has 1 unspecified atom stereocenters. The molecule has 0 saturated carbocycles. The van der Waals surface area contributed by atoms with Gasteiger partial charge in [0.2, 0.25) is 23.7 Å². The van der Waals surface area contributed by atoms with E-state index in [0.29, 0.717) is 35.9 Å².